The summed E-state index contributed by atoms with van der Waals surface area (Å²) in [6, 6.07) is 13.9. The molecule has 2 aromatic rings. The van der Waals surface area contributed by atoms with Gasteiger partial charge < -0.3 is 4.74 Å². The molecule has 2 aromatic carbocycles. The van der Waals surface area contributed by atoms with Gasteiger partial charge in [-0.05, 0) is 30.2 Å². The van der Waals surface area contributed by atoms with Gasteiger partial charge in [-0.25, -0.2) is 0 Å². The van der Waals surface area contributed by atoms with Gasteiger partial charge in [0.15, 0.2) is 0 Å². The standard InChI is InChI=1S/C15H13Br2ClO/c1-19-15-9-11(16)6-7-12(15)13(17)8-10-4-2-3-5-14(10)18/h2-7,9,13H,8H2,1H3. The normalized spacial score (nSPS) is 12.2. The minimum Gasteiger partial charge on any atom is -0.496 e. The van der Waals surface area contributed by atoms with Crippen molar-refractivity contribution in [3.05, 3.63) is 63.1 Å². The van der Waals surface area contributed by atoms with Crippen LogP contribution in [0.4, 0.5) is 0 Å². The highest BCUT2D eigenvalue weighted by molar-refractivity contribution is 9.10. The lowest BCUT2D eigenvalue weighted by Gasteiger charge is -2.15. The van der Waals surface area contributed by atoms with Crippen LogP contribution in [0.25, 0.3) is 0 Å². The fourth-order valence-corrected chi connectivity index (χ4v) is 3.19. The molecule has 4 heteroatoms. The van der Waals surface area contributed by atoms with Crippen molar-refractivity contribution in [2.45, 2.75) is 11.2 Å². The molecule has 1 atom stereocenters. The summed E-state index contributed by atoms with van der Waals surface area (Å²) < 4.78 is 6.43. The van der Waals surface area contributed by atoms with Crippen LogP contribution in [0.5, 0.6) is 5.75 Å². The monoisotopic (exact) mass is 402 g/mol. The molecular formula is C15H13Br2ClO. The second-order valence-corrected chi connectivity index (χ2v) is 6.58. The highest BCUT2D eigenvalue weighted by atomic mass is 79.9. The third-order valence-electron chi connectivity index (χ3n) is 2.89. The second kappa shape index (κ2) is 6.78. The summed E-state index contributed by atoms with van der Waals surface area (Å²) >= 11 is 13.4. The summed E-state index contributed by atoms with van der Waals surface area (Å²) in [5.41, 5.74) is 2.24. The van der Waals surface area contributed by atoms with Gasteiger partial charge in [-0.3, -0.25) is 0 Å². The molecule has 0 fully saturated rings. The number of ether oxygens (including phenoxy) is 1. The van der Waals surface area contributed by atoms with Crippen LogP contribution in [-0.2, 0) is 6.42 Å². The zero-order chi connectivity index (χ0) is 13.8. The molecule has 0 spiro atoms. The van der Waals surface area contributed by atoms with E-state index in [4.69, 9.17) is 16.3 Å². The fraction of sp³-hybridized carbons (Fsp3) is 0.200. The van der Waals surface area contributed by atoms with Crippen LogP contribution >= 0.6 is 43.5 Å². The van der Waals surface area contributed by atoms with Crippen LogP contribution < -0.4 is 4.74 Å². The predicted molar refractivity (Wildman–Crippen MR) is 87.5 cm³/mol. The van der Waals surface area contributed by atoms with Gasteiger partial charge in [0.2, 0.25) is 0 Å². The van der Waals surface area contributed by atoms with Gasteiger partial charge in [0.05, 0.1) is 7.11 Å². The van der Waals surface area contributed by atoms with Crippen LogP contribution in [0, 0.1) is 0 Å². The Morgan fingerprint density at radius 1 is 1.21 bits per heavy atom. The number of methoxy groups -OCH3 is 1. The molecule has 0 bridgehead atoms. The molecule has 0 saturated carbocycles. The van der Waals surface area contributed by atoms with Crippen molar-refractivity contribution >= 4 is 43.5 Å². The van der Waals surface area contributed by atoms with Gasteiger partial charge in [0, 0.05) is 19.9 Å². The maximum atomic E-state index is 6.20. The van der Waals surface area contributed by atoms with E-state index in [2.05, 4.69) is 37.9 Å². The number of hydrogen-bond acceptors (Lipinski definition) is 1. The quantitative estimate of drug-likeness (QED) is 0.586. The third-order valence-corrected chi connectivity index (χ3v) is 4.57. The van der Waals surface area contributed by atoms with E-state index in [1.807, 2.05) is 36.4 Å². The summed E-state index contributed by atoms with van der Waals surface area (Å²) in [6.45, 7) is 0. The first-order valence-electron chi connectivity index (χ1n) is 5.82. The molecule has 0 radical (unpaired) electrons. The topological polar surface area (TPSA) is 9.23 Å². The van der Waals surface area contributed by atoms with E-state index in [-0.39, 0.29) is 4.83 Å². The lowest BCUT2D eigenvalue weighted by Crippen LogP contribution is -1.99. The number of halogens is 3. The Hall–Kier alpha value is -0.510. The second-order valence-electron chi connectivity index (χ2n) is 4.15. The first kappa shape index (κ1) is 14.9. The molecule has 0 amide bonds. The van der Waals surface area contributed by atoms with Crippen molar-refractivity contribution in [2.24, 2.45) is 0 Å². The summed E-state index contributed by atoms with van der Waals surface area (Å²) in [4.78, 5) is 0.162. The Balaban J connectivity index is 2.25. The molecule has 1 unspecified atom stereocenters. The average Bonchev–Trinajstić information content (AvgIpc) is 2.41. The van der Waals surface area contributed by atoms with Crippen molar-refractivity contribution in [1.29, 1.82) is 0 Å². The zero-order valence-corrected chi connectivity index (χ0v) is 14.3. The van der Waals surface area contributed by atoms with Crippen molar-refractivity contribution in [3.63, 3.8) is 0 Å². The van der Waals surface area contributed by atoms with Gasteiger partial charge in [-0.1, -0.05) is 67.7 Å². The van der Waals surface area contributed by atoms with Crippen LogP contribution in [0.3, 0.4) is 0 Å². The Bertz CT molecular complexity index is 572. The Morgan fingerprint density at radius 3 is 2.63 bits per heavy atom. The smallest absolute Gasteiger partial charge is 0.124 e. The Labute approximate surface area is 135 Å². The molecule has 0 saturated heterocycles. The molecule has 0 aromatic heterocycles. The van der Waals surface area contributed by atoms with Crippen LogP contribution in [0.1, 0.15) is 16.0 Å². The molecule has 1 nitrogen and oxygen atoms in total. The number of hydrogen-bond donors (Lipinski definition) is 0. The van der Waals surface area contributed by atoms with Crippen molar-refractivity contribution in [1.82, 2.24) is 0 Å². The van der Waals surface area contributed by atoms with E-state index in [9.17, 15) is 0 Å². The van der Waals surface area contributed by atoms with Crippen molar-refractivity contribution in [2.75, 3.05) is 7.11 Å². The Morgan fingerprint density at radius 2 is 1.95 bits per heavy atom. The van der Waals surface area contributed by atoms with E-state index in [1.165, 1.54) is 0 Å². The highest BCUT2D eigenvalue weighted by Gasteiger charge is 2.15. The molecule has 0 aliphatic rings. The minimum atomic E-state index is 0.162. The summed E-state index contributed by atoms with van der Waals surface area (Å²) in [6.07, 6.45) is 0.817. The van der Waals surface area contributed by atoms with Crippen molar-refractivity contribution < 1.29 is 4.74 Å². The number of benzene rings is 2. The average molecular weight is 405 g/mol. The lowest BCUT2D eigenvalue weighted by atomic mass is 10.0. The van der Waals surface area contributed by atoms with Crippen LogP contribution in [-0.4, -0.2) is 7.11 Å². The molecule has 19 heavy (non-hydrogen) atoms. The molecule has 100 valence electrons. The zero-order valence-electron chi connectivity index (χ0n) is 10.4. The number of rotatable bonds is 4. The highest BCUT2D eigenvalue weighted by Crippen LogP contribution is 2.36. The predicted octanol–water partition coefficient (Wildman–Crippen LogP) is 5.79. The van der Waals surface area contributed by atoms with Crippen LogP contribution in [0.15, 0.2) is 46.9 Å². The van der Waals surface area contributed by atoms with E-state index >= 15 is 0 Å². The lowest BCUT2D eigenvalue weighted by molar-refractivity contribution is 0.409. The fourth-order valence-electron chi connectivity index (χ4n) is 1.91. The van der Waals surface area contributed by atoms with E-state index in [0.717, 1.165) is 32.8 Å². The first-order chi connectivity index (χ1) is 9.11. The van der Waals surface area contributed by atoms with Crippen LogP contribution in [0.2, 0.25) is 5.02 Å². The summed E-state index contributed by atoms with van der Waals surface area (Å²) in [5, 5.41) is 0.794. The van der Waals surface area contributed by atoms with Crippen molar-refractivity contribution in [3.8, 4) is 5.75 Å². The number of alkyl halides is 1. The van der Waals surface area contributed by atoms with Gasteiger partial charge in [0.1, 0.15) is 5.75 Å². The van der Waals surface area contributed by atoms with E-state index in [0.29, 0.717) is 0 Å². The van der Waals surface area contributed by atoms with Gasteiger partial charge in [-0.15, -0.1) is 0 Å². The van der Waals surface area contributed by atoms with E-state index in [1.54, 1.807) is 7.11 Å². The third kappa shape index (κ3) is 3.74. The van der Waals surface area contributed by atoms with Gasteiger partial charge in [0.25, 0.3) is 0 Å². The molecule has 0 heterocycles. The molecule has 0 aliphatic carbocycles. The molecular weight excluding hydrogens is 391 g/mol. The summed E-state index contributed by atoms with van der Waals surface area (Å²) in [7, 11) is 1.68. The molecule has 0 N–H and O–H groups in total. The largest absolute Gasteiger partial charge is 0.496 e. The van der Waals surface area contributed by atoms with Gasteiger partial charge in [-0.2, -0.15) is 0 Å². The summed E-state index contributed by atoms with van der Waals surface area (Å²) in [5.74, 6) is 0.864. The minimum absolute atomic E-state index is 0.162. The maximum Gasteiger partial charge on any atom is 0.124 e. The molecule has 0 aliphatic heterocycles. The van der Waals surface area contributed by atoms with Gasteiger partial charge >= 0.3 is 0 Å². The maximum absolute atomic E-state index is 6.20. The molecule has 2 rings (SSSR count). The van der Waals surface area contributed by atoms with E-state index < -0.39 is 0 Å². The first-order valence-corrected chi connectivity index (χ1v) is 7.91. The Kier molecular flexibility index (Phi) is 5.31. The SMILES string of the molecule is COc1cc(Br)ccc1C(Br)Cc1ccccc1Cl.